The largest absolute Gasteiger partial charge is 0.493 e. The van der Waals surface area contributed by atoms with Crippen LogP contribution in [0.5, 0.6) is 11.5 Å². The van der Waals surface area contributed by atoms with E-state index in [9.17, 15) is 9.59 Å². The maximum absolute atomic E-state index is 13.1. The number of dihydropyridines is 1. The number of hydrogen-bond donors (Lipinski definition) is 1. The lowest BCUT2D eigenvalue weighted by Gasteiger charge is -2.37. The van der Waals surface area contributed by atoms with Gasteiger partial charge in [0.15, 0.2) is 23.1 Å². The fourth-order valence-corrected chi connectivity index (χ4v) is 5.99. The lowest BCUT2D eigenvalue weighted by Crippen LogP contribution is -2.36. The summed E-state index contributed by atoms with van der Waals surface area (Å²) in [5.74, 6) is 1.06. The lowest BCUT2D eigenvalue weighted by atomic mass is 9.71. The molecular weight excluding hydrogens is 506 g/mol. The molecule has 0 aromatic heterocycles. The molecule has 5 rings (SSSR count). The van der Waals surface area contributed by atoms with E-state index in [2.05, 4.69) is 53.3 Å². The first-order chi connectivity index (χ1) is 16.9. The SMILES string of the molecule is COc1cc(C2C3=C(CCCC3=O)NC3=C2C(=O)CCC3)cc(Br)c1OCc1ccc(C)c(C)c1. The molecule has 1 aliphatic heterocycles. The minimum Gasteiger partial charge on any atom is -0.493 e. The number of Topliss-reactive ketones (excluding diaryl/α,β-unsaturated/α-hetero) is 2. The molecule has 5 nitrogen and oxygen atoms in total. The zero-order valence-corrected chi connectivity index (χ0v) is 22.0. The first kappa shape index (κ1) is 23.9. The topological polar surface area (TPSA) is 64.6 Å². The van der Waals surface area contributed by atoms with Crippen LogP contribution in [0.15, 0.2) is 57.3 Å². The van der Waals surface area contributed by atoms with Crippen LogP contribution in [-0.2, 0) is 16.2 Å². The number of carbonyl (C=O) groups is 2. The van der Waals surface area contributed by atoms with Crippen LogP contribution in [0.3, 0.4) is 0 Å². The number of allylic oxidation sites excluding steroid dienone is 4. The van der Waals surface area contributed by atoms with Crippen LogP contribution in [0.25, 0.3) is 0 Å². The Morgan fingerprint density at radius 2 is 1.57 bits per heavy atom. The highest BCUT2D eigenvalue weighted by Gasteiger charge is 2.40. The van der Waals surface area contributed by atoms with E-state index < -0.39 is 0 Å². The van der Waals surface area contributed by atoms with Gasteiger partial charge in [0.1, 0.15) is 6.61 Å². The Morgan fingerprint density at radius 3 is 2.17 bits per heavy atom. The number of hydrogen-bond acceptors (Lipinski definition) is 5. The Hall–Kier alpha value is -2.86. The molecule has 0 bridgehead atoms. The summed E-state index contributed by atoms with van der Waals surface area (Å²) in [5.41, 5.74) is 7.85. The fraction of sp³-hybridized carbons (Fsp3) is 0.379. The predicted octanol–water partition coefficient (Wildman–Crippen LogP) is 6.35. The summed E-state index contributed by atoms with van der Waals surface area (Å²) in [6, 6.07) is 10.2. The van der Waals surface area contributed by atoms with Crippen LogP contribution >= 0.6 is 15.9 Å². The number of rotatable bonds is 5. The van der Waals surface area contributed by atoms with Crippen molar-refractivity contribution in [2.45, 2.75) is 64.9 Å². The standard InChI is InChI=1S/C29H30BrNO4/c1-16-10-11-18(12-17(16)2)15-35-29-20(30)13-19(14-25(29)34-3)26-27-21(6-4-8-23(27)32)31-22-7-5-9-24(33)28(22)26/h10-14,26,31H,4-9,15H2,1-3H3. The van der Waals surface area contributed by atoms with Gasteiger partial charge >= 0.3 is 0 Å². The monoisotopic (exact) mass is 535 g/mol. The Bertz CT molecular complexity index is 1250. The quantitative estimate of drug-likeness (QED) is 0.482. The third-order valence-corrected chi connectivity index (χ3v) is 7.92. The predicted molar refractivity (Wildman–Crippen MR) is 139 cm³/mol. The zero-order valence-electron chi connectivity index (χ0n) is 20.4. The van der Waals surface area contributed by atoms with Gasteiger partial charge < -0.3 is 14.8 Å². The van der Waals surface area contributed by atoms with Crippen LogP contribution in [0.2, 0.25) is 0 Å². The smallest absolute Gasteiger partial charge is 0.175 e. The molecule has 182 valence electrons. The van der Waals surface area contributed by atoms with E-state index in [1.807, 2.05) is 12.1 Å². The van der Waals surface area contributed by atoms with E-state index in [0.717, 1.165) is 63.8 Å². The van der Waals surface area contributed by atoms with Crippen LogP contribution in [0, 0.1) is 13.8 Å². The first-order valence-corrected chi connectivity index (χ1v) is 13.0. The van der Waals surface area contributed by atoms with Crippen molar-refractivity contribution in [2.24, 2.45) is 0 Å². The molecule has 0 amide bonds. The van der Waals surface area contributed by atoms with Crippen LogP contribution in [0.1, 0.15) is 66.7 Å². The zero-order chi connectivity index (χ0) is 24.7. The number of halogens is 1. The average Bonchev–Trinajstić information content (AvgIpc) is 2.84. The molecule has 0 spiro atoms. The third-order valence-electron chi connectivity index (χ3n) is 7.33. The van der Waals surface area contributed by atoms with Crippen molar-refractivity contribution < 1.29 is 19.1 Å². The Balaban J connectivity index is 1.54. The molecule has 0 fully saturated rings. The van der Waals surface area contributed by atoms with Gasteiger partial charge in [-0.1, -0.05) is 18.2 Å². The van der Waals surface area contributed by atoms with E-state index in [-0.39, 0.29) is 17.5 Å². The molecular formula is C29H30BrNO4. The van der Waals surface area contributed by atoms with Gasteiger partial charge in [-0.15, -0.1) is 0 Å². The summed E-state index contributed by atoms with van der Waals surface area (Å²) in [7, 11) is 1.61. The maximum Gasteiger partial charge on any atom is 0.175 e. The molecule has 2 aromatic carbocycles. The van der Waals surface area contributed by atoms with Crippen LogP contribution in [-0.4, -0.2) is 18.7 Å². The normalized spacial score (nSPS) is 18.3. The second kappa shape index (κ2) is 9.65. The highest BCUT2D eigenvalue weighted by molar-refractivity contribution is 9.10. The van der Waals surface area contributed by atoms with Crippen molar-refractivity contribution in [3.05, 3.63) is 79.6 Å². The van der Waals surface area contributed by atoms with E-state index in [4.69, 9.17) is 9.47 Å². The Kier molecular flexibility index (Phi) is 6.58. The molecule has 1 heterocycles. The van der Waals surface area contributed by atoms with Crippen molar-refractivity contribution in [3.8, 4) is 11.5 Å². The van der Waals surface area contributed by atoms with Gasteiger partial charge in [0, 0.05) is 41.3 Å². The molecule has 0 saturated heterocycles. The number of methoxy groups -OCH3 is 1. The first-order valence-electron chi connectivity index (χ1n) is 12.2. The molecule has 3 aliphatic rings. The summed E-state index contributed by atoms with van der Waals surface area (Å²) in [5, 5.41) is 3.47. The van der Waals surface area contributed by atoms with E-state index in [1.54, 1.807) is 7.11 Å². The van der Waals surface area contributed by atoms with E-state index in [0.29, 0.717) is 30.9 Å². The van der Waals surface area contributed by atoms with Gasteiger partial charge in [0.05, 0.1) is 11.6 Å². The van der Waals surface area contributed by atoms with Gasteiger partial charge in [-0.05, 0) is 89.8 Å². The Labute approximate surface area is 214 Å². The minimum atomic E-state index is -0.374. The molecule has 1 N–H and O–H groups in total. The maximum atomic E-state index is 13.1. The molecule has 35 heavy (non-hydrogen) atoms. The fourth-order valence-electron chi connectivity index (χ4n) is 5.41. The van der Waals surface area contributed by atoms with Gasteiger partial charge in [-0.3, -0.25) is 9.59 Å². The van der Waals surface area contributed by atoms with E-state index in [1.165, 1.54) is 11.1 Å². The van der Waals surface area contributed by atoms with Crippen molar-refractivity contribution in [1.82, 2.24) is 5.32 Å². The summed E-state index contributed by atoms with van der Waals surface area (Å²) in [6.07, 6.45) is 4.38. The summed E-state index contributed by atoms with van der Waals surface area (Å²) in [4.78, 5) is 26.2. The molecule has 0 radical (unpaired) electrons. The molecule has 0 atom stereocenters. The summed E-state index contributed by atoms with van der Waals surface area (Å²) < 4.78 is 12.7. The molecule has 6 heteroatoms. The highest BCUT2D eigenvalue weighted by Crippen LogP contribution is 2.48. The van der Waals surface area contributed by atoms with Gasteiger partial charge in [-0.25, -0.2) is 0 Å². The van der Waals surface area contributed by atoms with Crippen molar-refractivity contribution in [1.29, 1.82) is 0 Å². The van der Waals surface area contributed by atoms with Crippen molar-refractivity contribution in [2.75, 3.05) is 7.11 Å². The number of ether oxygens (including phenoxy) is 2. The third kappa shape index (κ3) is 4.44. The van der Waals surface area contributed by atoms with Crippen LogP contribution in [0.4, 0.5) is 0 Å². The molecule has 2 aromatic rings. The van der Waals surface area contributed by atoms with E-state index >= 15 is 0 Å². The number of aryl methyl sites for hydroxylation is 2. The Morgan fingerprint density at radius 1 is 0.914 bits per heavy atom. The van der Waals surface area contributed by atoms with Crippen molar-refractivity contribution >= 4 is 27.5 Å². The highest BCUT2D eigenvalue weighted by atomic mass is 79.9. The van der Waals surface area contributed by atoms with Crippen LogP contribution < -0.4 is 14.8 Å². The second-order valence-electron chi connectivity index (χ2n) is 9.64. The molecule has 0 unspecified atom stereocenters. The number of ketones is 2. The minimum absolute atomic E-state index is 0.124. The summed E-state index contributed by atoms with van der Waals surface area (Å²) >= 11 is 3.69. The van der Waals surface area contributed by atoms with Gasteiger partial charge in [0.25, 0.3) is 0 Å². The average molecular weight is 536 g/mol. The molecule has 0 saturated carbocycles. The van der Waals surface area contributed by atoms with Gasteiger partial charge in [-0.2, -0.15) is 0 Å². The van der Waals surface area contributed by atoms with Crippen molar-refractivity contribution in [3.63, 3.8) is 0 Å². The number of nitrogens with one attached hydrogen (secondary N) is 1. The lowest BCUT2D eigenvalue weighted by molar-refractivity contribution is -0.116. The summed E-state index contributed by atoms with van der Waals surface area (Å²) in [6.45, 7) is 4.59. The van der Waals surface area contributed by atoms with Gasteiger partial charge in [0.2, 0.25) is 0 Å². The number of carbonyl (C=O) groups excluding carboxylic acids is 2. The molecule has 2 aliphatic carbocycles. The number of benzene rings is 2. The second-order valence-corrected chi connectivity index (χ2v) is 10.5.